The number of halogens is 4. The van der Waals surface area contributed by atoms with Crippen molar-refractivity contribution in [3.05, 3.63) is 70.9 Å². The number of hydrogen-bond acceptors (Lipinski definition) is 5. The van der Waals surface area contributed by atoms with Crippen molar-refractivity contribution in [2.75, 3.05) is 26.7 Å². The van der Waals surface area contributed by atoms with Gasteiger partial charge in [0.1, 0.15) is 29.0 Å². The van der Waals surface area contributed by atoms with Crippen LogP contribution < -0.4 is 4.74 Å². The molecular formula is C28H26F4N2O4. The lowest BCUT2D eigenvalue weighted by Crippen LogP contribution is -2.44. The number of methoxy groups -OCH3 is 1. The van der Waals surface area contributed by atoms with E-state index in [1.54, 1.807) is 18.2 Å². The maximum atomic E-state index is 14.7. The second-order valence-corrected chi connectivity index (χ2v) is 9.37. The van der Waals surface area contributed by atoms with Crippen LogP contribution in [0, 0.1) is 40.5 Å². The Labute approximate surface area is 216 Å². The molecule has 6 nitrogen and oxygen atoms in total. The van der Waals surface area contributed by atoms with Crippen LogP contribution >= 0.6 is 0 Å². The third kappa shape index (κ3) is 5.74. The van der Waals surface area contributed by atoms with E-state index in [0.717, 1.165) is 6.20 Å². The van der Waals surface area contributed by atoms with Crippen LogP contribution in [-0.2, 0) is 4.79 Å². The summed E-state index contributed by atoms with van der Waals surface area (Å²) in [7, 11) is 1.47. The Balaban J connectivity index is 1.42. The van der Waals surface area contributed by atoms with E-state index in [9.17, 15) is 32.6 Å². The smallest absolute Gasteiger partial charge is 0.309 e. The SMILES string of the molecule is COc1ccc2ncc(F)c([C@@H](O)CCC3(C(=O)O)CCN(CC#Cc4c(F)cc(F)cc4F)CC3)c2c1. The van der Waals surface area contributed by atoms with Crippen molar-refractivity contribution in [1.29, 1.82) is 0 Å². The summed E-state index contributed by atoms with van der Waals surface area (Å²) in [5, 5.41) is 21.3. The fourth-order valence-electron chi connectivity index (χ4n) is 4.80. The van der Waals surface area contributed by atoms with Gasteiger partial charge >= 0.3 is 5.97 Å². The van der Waals surface area contributed by atoms with E-state index in [2.05, 4.69) is 16.8 Å². The van der Waals surface area contributed by atoms with Crippen LogP contribution in [0.1, 0.15) is 42.9 Å². The molecule has 4 rings (SSSR count). The lowest BCUT2D eigenvalue weighted by atomic mass is 9.74. The van der Waals surface area contributed by atoms with Gasteiger partial charge in [-0.25, -0.2) is 17.6 Å². The molecule has 0 unspecified atom stereocenters. The molecule has 0 bridgehead atoms. The molecule has 0 radical (unpaired) electrons. The minimum Gasteiger partial charge on any atom is -0.497 e. The van der Waals surface area contributed by atoms with Gasteiger partial charge in [-0.2, -0.15) is 0 Å². The summed E-state index contributed by atoms with van der Waals surface area (Å²) in [5.41, 5.74) is -1.13. The molecule has 1 atom stereocenters. The van der Waals surface area contributed by atoms with Crippen molar-refractivity contribution < 1.29 is 37.3 Å². The highest BCUT2D eigenvalue weighted by Gasteiger charge is 2.41. The number of likely N-dealkylation sites (tertiary alicyclic amines) is 1. The molecule has 0 spiro atoms. The monoisotopic (exact) mass is 530 g/mol. The van der Waals surface area contributed by atoms with Crippen LogP contribution in [0.3, 0.4) is 0 Å². The van der Waals surface area contributed by atoms with Crippen LogP contribution in [-0.4, -0.2) is 52.8 Å². The molecule has 10 heteroatoms. The third-order valence-corrected chi connectivity index (χ3v) is 7.09. The van der Waals surface area contributed by atoms with Crippen molar-refractivity contribution in [2.45, 2.75) is 31.8 Å². The van der Waals surface area contributed by atoms with Crippen LogP contribution in [0.25, 0.3) is 10.9 Å². The van der Waals surface area contributed by atoms with Crippen molar-refractivity contribution in [3.8, 4) is 17.6 Å². The summed E-state index contributed by atoms with van der Waals surface area (Å²) in [6.45, 7) is 0.856. The molecule has 2 aromatic carbocycles. The number of carboxylic acids is 1. The maximum absolute atomic E-state index is 14.7. The van der Waals surface area contributed by atoms with Gasteiger partial charge in [-0.1, -0.05) is 11.8 Å². The number of fused-ring (bicyclic) bond motifs is 1. The summed E-state index contributed by atoms with van der Waals surface area (Å²) in [6.07, 6.45) is 0.411. The molecular weight excluding hydrogens is 504 g/mol. The lowest BCUT2D eigenvalue weighted by Gasteiger charge is -2.38. The Morgan fingerprint density at radius 3 is 2.45 bits per heavy atom. The van der Waals surface area contributed by atoms with E-state index in [-0.39, 0.29) is 37.8 Å². The molecule has 1 fully saturated rings. The molecule has 0 saturated carbocycles. The number of ether oxygens (including phenoxy) is 1. The van der Waals surface area contributed by atoms with Gasteiger partial charge in [0, 0.05) is 36.2 Å². The maximum Gasteiger partial charge on any atom is 0.309 e. The molecule has 38 heavy (non-hydrogen) atoms. The molecule has 1 aliphatic rings. The van der Waals surface area contributed by atoms with Crippen molar-refractivity contribution in [2.24, 2.45) is 5.41 Å². The summed E-state index contributed by atoms with van der Waals surface area (Å²) in [5.74, 6) is 0.607. The number of hydrogen-bond donors (Lipinski definition) is 2. The van der Waals surface area contributed by atoms with Crippen molar-refractivity contribution in [3.63, 3.8) is 0 Å². The topological polar surface area (TPSA) is 82.9 Å². The second kappa shape index (κ2) is 11.4. The summed E-state index contributed by atoms with van der Waals surface area (Å²) < 4.78 is 60.5. The van der Waals surface area contributed by atoms with Crippen molar-refractivity contribution >= 4 is 16.9 Å². The standard InChI is InChI=1S/C28H26F4N2O4/c1-38-18-4-5-24-20(15-18)26(23(32)16-33-24)25(35)6-7-28(27(36)37)8-11-34(12-9-28)10-2-3-19-21(30)13-17(29)14-22(19)31/h4-5,13-16,25,35H,6-12H2,1H3,(H,36,37)/t25-/m0/s1. The molecule has 3 aromatic rings. The fraction of sp³-hybridized carbons (Fsp3) is 0.357. The number of benzene rings is 2. The van der Waals surface area contributed by atoms with Crippen LogP contribution in [0.2, 0.25) is 0 Å². The van der Waals surface area contributed by atoms with Crippen LogP contribution in [0.5, 0.6) is 5.75 Å². The summed E-state index contributed by atoms with van der Waals surface area (Å²) >= 11 is 0. The number of aliphatic hydroxyl groups excluding tert-OH is 1. The first-order chi connectivity index (χ1) is 18.1. The highest BCUT2D eigenvalue weighted by molar-refractivity contribution is 5.84. The molecule has 200 valence electrons. The van der Waals surface area contributed by atoms with E-state index >= 15 is 0 Å². The average Bonchev–Trinajstić information content (AvgIpc) is 2.89. The minimum atomic E-state index is -1.26. The van der Waals surface area contributed by atoms with Crippen LogP contribution in [0.15, 0.2) is 36.5 Å². The number of piperidine rings is 1. The zero-order chi connectivity index (χ0) is 27.4. The first-order valence-electron chi connectivity index (χ1n) is 12.0. The minimum absolute atomic E-state index is 0.0163. The van der Waals surface area contributed by atoms with Gasteiger partial charge < -0.3 is 14.9 Å². The number of nitrogens with zero attached hydrogens (tertiary/aromatic N) is 2. The molecule has 1 aliphatic heterocycles. The number of carboxylic acid groups (broad SMARTS) is 1. The highest BCUT2D eigenvalue weighted by atomic mass is 19.1. The van der Waals surface area contributed by atoms with Crippen molar-refractivity contribution in [1.82, 2.24) is 9.88 Å². The Hall–Kier alpha value is -3.68. The predicted octanol–water partition coefficient (Wildman–Crippen LogP) is 4.83. The van der Waals surface area contributed by atoms with Gasteiger partial charge in [0.25, 0.3) is 0 Å². The van der Waals surface area contributed by atoms with Crippen LogP contribution in [0.4, 0.5) is 17.6 Å². The number of rotatable bonds is 7. The first-order valence-corrected chi connectivity index (χ1v) is 12.0. The van der Waals surface area contributed by atoms with E-state index in [0.29, 0.717) is 41.9 Å². The van der Waals surface area contributed by atoms with E-state index in [4.69, 9.17) is 4.74 Å². The molecule has 2 N–H and O–H groups in total. The lowest BCUT2D eigenvalue weighted by molar-refractivity contribution is -0.153. The summed E-state index contributed by atoms with van der Waals surface area (Å²) in [6, 6.07) is 6.02. The molecule has 1 saturated heterocycles. The highest BCUT2D eigenvalue weighted by Crippen LogP contribution is 2.40. The largest absolute Gasteiger partial charge is 0.497 e. The Morgan fingerprint density at radius 2 is 1.82 bits per heavy atom. The second-order valence-electron chi connectivity index (χ2n) is 9.37. The zero-order valence-electron chi connectivity index (χ0n) is 20.6. The predicted molar refractivity (Wildman–Crippen MR) is 131 cm³/mol. The Kier molecular flexibility index (Phi) is 8.19. The normalized spacial score (nSPS) is 16.1. The number of pyridine rings is 1. The summed E-state index contributed by atoms with van der Waals surface area (Å²) in [4.78, 5) is 18.2. The van der Waals surface area contributed by atoms with E-state index in [1.807, 2.05) is 4.90 Å². The van der Waals surface area contributed by atoms with Gasteiger partial charge in [-0.05, 0) is 43.9 Å². The Bertz CT molecular complexity index is 1390. The molecule has 2 heterocycles. The number of aliphatic carboxylic acids is 1. The fourth-order valence-corrected chi connectivity index (χ4v) is 4.80. The molecule has 0 aliphatic carbocycles. The van der Waals surface area contributed by atoms with E-state index in [1.165, 1.54) is 7.11 Å². The van der Waals surface area contributed by atoms with Gasteiger partial charge in [0.15, 0.2) is 0 Å². The zero-order valence-corrected chi connectivity index (χ0v) is 20.6. The van der Waals surface area contributed by atoms with Gasteiger partial charge in [-0.15, -0.1) is 0 Å². The van der Waals surface area contributed by atoms with E-state index < -0.39 is 46.3 Å². The first kappa shape index (κ1) is 27.4. The number of carbonyl (C=O) groups is 1. The Morgan fingerprint density at radius 1 is 1.13 bits per heavy atom. The molecule has 0 amide bonds. The average molecular weight is 531 g/mol. The van der Waals surface area contributed by atoms with Gasteiger partial charge in [0.2, 0.25) is 0 Å². The van der Waals surface area contributed by atoms with Gasteiger partial charge in [0.05, 0.1) is 42.5 Å². The number of aliphatic hydroxyl groups is 1. The molecule has 1 aromatic heterocycles. The van der Waals surface area contributed by atoms with Gasteiger partial charge in [-0.3, -0.25) is 14.7 Å². The number of aromatic nitrogens is 1. The third-order valence-electron chi connectivity index (χ3n) is 7.09. The quantitative estimate of drug-likeness (QED) is 0.336.